The number of aliphatic carboxylic acids is 5. The molecular weight excluding hydrogens is 1930 g/mol. The van der Waals surface area contributed by atoms with Gasteiger partial charge in [0.15, 0.2) is 0 Å². The lowest BCUT2D eigenvalue weighted by molar-refractivity contribution is -0.372. The number of ether oxygens (including phenoxy) is 7. The first kappa shape index (κ1) is 169. The van der Waals surface area contributed by atoms with Crippen LogP contribution in [0.2, 0.25) is 0 Å². The predicted molar refractivity (Wildman–Crippen MR) is 574 cm³/mol. The normalized spacial score (nSPS) is 12.1. The van der Waals surface area contributed by atoms with Crippen LogP contribution in [0.3, 0.4) is 0 Å². The lowest BCUT2D eigenvalue weighted by atomic mass is 9.93. The third-order valence-corrected chi connectivity index (χ3v) is 20.1. The van der Waals surface area contributed by atoms with Crippen LogP contribution in [-0.4, -0.2) is 225 Å². The van der Waals surface area contributed by atoms with Crippen LogP contribution in [0.5, 0.6) is 0 Å². The molecule has 0 aliphatic carbocycles. The SMILES string of the molecule is C=C(C)C(=O)NCCNC(=O)OCCOC(=O)C(C)CC.C=C(C)C(=O)NCCOC(=O)C(C)CC.C=C(C)C(=O)OCC[NH3+].C=CC(=O)NCC(O)COC(=O)C(C)CC.C=CC(=O)NCCOC(=O)C(C)CC.C=CC(=O)NCCOC(=O)C(C)CC.CCC(C)(C)C#N.CCC(C)C#N.CCC(C)C#N.CCC(C)C#N.CCC(C)C(=O)O.CCC(C)C(=O)O.CCC(C)C(=O)O.CCC(C)C(=O)O.CCC(C)C(=O)[O-]. The van der Waals surface area contributed by atoms with Crippen molar-refractivity contribution < 1.29 is 151 Å². The maximum absolute atomic E-state index is 11.3. The minimum atomic E-state index is -0.956. The molecule has 862 valence electrons. The Balaban J connectivity index is -0.000000101. The first-order valence-electron chi connectivity index (χ1n) is 50.6. The summed E-state index contributed by atoms with van der Waals surface area (Å²) in [4.78, 5) is 182. The number of carboxylic acids is 5. The number of aliphatic hydroxyl groups is 1. The first-order valence-corrected chi connectivity index (χ1v) is 50.6. The molecule has 0 radical (unpaired) electrons. The molecule has 0 aromatic carbocycles. The Labute approximate surface area is 891 Å². The first-order chi connectivity index (χ1) is 69.2. The van der Waals surface area contributed by atoms with Gasteiger partial charge in [-0.15, -0.1) is 0 Å². The van der Waals surface area contributed by atoms with Gasteiger partial charge in [0.05, 0.1) is 103 Å². The zero-order valence-electron chi connectivity index (χ0n) is 96.3. The van der Waals surface area contributed by atoms with Crippen molar-refractivity contribution in [3.63, 3.8) is 0 Å². The summed E-state index contributed by atoms with van der Waals surface area (Å²) in [5, 5.41) is 99.5. The van der Waals surface area contributed by atoms with Gasteiger partial charge in [-0.3, -0.25) is 67.1 Å². The fourth-order valence-electron chi connectivity index (χ4n) is 5.66. The smallest absolute Gasteiger partial charge is 0.407 e. The number of nitrogens with one attached hydrogen (secondary N) is 6. The molecule has 0 saturated heterocycles. The van der Waals surface area contributed by atoms with Crippen molar-refractivity contribution in [3.8, 4) is 24.3 Å². The second-order valence-corrected chi connectivity index (χ2v) is 34.2. The van der Waals surface area contributed by atoms with E-state index in [2.05, 4.69) is 106 Å². The molecule has 0 aromatic rings. The number of aliphatic hydroxyl groups excluding tert-OH is 1. The van der Waals surface area contributed by atoms with E-state index in [1.807, 2.05) is 152 Å². The average molecular weight is 2130 g/mol. The summed E-state index contributed by atoms with van der Waals surface area (Å²) in [6, 6.07) is 8.53. The second-order valence-electron chi connectivity index (χ2n) is 34.2. The van der Waals surface area contributed by atoms with Gasteiger partial charge in [0.25, 0.3) is 0 Å². The van der Waals surface area contributed by atoms with Gasteiger partial charge in [-0.05, 0) is 169 Å². The van der Waals surface area contributed by atoms with E-state index in [9.17, 15) is 91.7 Å². The number of carboxylic acid groups (broad SMARTS) is 5. The summed E-state index contributed by atoms with van der Waals surface area (Å²) in [7, 11) is 0. The number of esters is 6. The Morgan fingerprint density at radius 1 is 0.342 bits per heavy atom. The topological polar surface area (TPSA) is 674 Å². The van der Waals surface area contributed by atoms with E-state index >= 15 is 0 Å². The van der Waals surface area contributed by atoms with Crippen LogP contribution >= 0.6 is 0 Å². The molecule has 14 N–H and O–H groups in total. The molecule has 0 aliphatic rings. The Kier molecular flexibility index (Phi) is 135. The van der Waals surface area contributed by atoms with Gasteiger partial charge in [-0.2, -0.15) is 21.0 Å². The molecule has 0 fully saturated rings. The highest BCUT2D eigenvalue weighted by atomic mass is 16.6. The van der Waals surface area contributed by atoms with Crippen LogP contribution < -0.4 is 42.7 Å². The summed E-state index contributed by atoms with van der Waals surface area (Å²) in [5.41, 5.74) is 4.68. The van der Waals surface area contributed by atoms with Gasteiger partial charge >= 0.3 is 65.8 Å². The Morgan fingerprint density at radius 3 is 0.785 bits per heavy atom. The summed E-state index contributed by atoms with van der Waals surface area (Å²) in [6.45, 7) is 82.0. The van der Waals surface area contributed by atoms with Crippen LogP contribution in [0, 0.1) is 128 Å². The van der Waals surface area contributed by atoms with E-state index in [4.69, 9.17) is 69.9 Å². The molecule has 14 unspecified atom stereocenters. The van der Waals surface area contributed by atoms with Crippen molar-refractivity contribution in [1.29, 1.82) is 21.0 Å². The van der Waals surface area contributed by atoms with Crippen molar-refractivity contribution in [3.05, 3.63) is 74.4 Å². The summed E-state index contributed by atoms with van der Waals surface area (Å²) in [6.07, 6.45) is 13.0. The molecule has 0 spiro atoms. The highest BCUT2D eigenvalue weighted by Gasteiger charge is 2.19. The largest absolute Gasteiger partial charge is 0.550 e. The summed E-state index contributed by atoms with van der Waals surface area (Å²) < 4.78 is 34.0. The molecule has 0 bridgehead atoms. The van der Waals surface area contributed by atoms with E-state index in [1.54, 1.807) is 69.2 Å². The highest BCUT2D eigenvalue weighted by Crippen LogP contribution is 2.17. The number of hydrogen-bond acceptors (Lipinski definition) is 30. The maximum Gasteiger partial charge on any atom is 0.407 e. The average Bonchev–Trinajstić information content (AvgIpc) is 0.972. The number of carbonyl (C=O) groups is 17. The van der Waals surface area contributed by atoms with E-state index in [-0.39, 0.29) is 207 Å². The van der Waals surface area contributed by atoms with E-state index in [1.165, 1.54) is 12.2 Å². The Hall–Kier alpha value is -12.9. The van der Waals surface area contributed by atoms with Crippen molar-refractivity contribution in [2.45, 2.75) is 318 Å². The fourth-order valence-corrected chi connectivity index (χ4v) is 5.66. The van der Waals surface area contributed by atoms with Crippen molar-refractivity contribution in [1.82, 2.24) is 31.9 Å². The molecular formula is C108H195N11O30. The molecule has 0 heterocycles. The molecule has 41 nitrogen and oxygen atoms in total. The number of amides is 6. The lowest BCUT2D eigenvalue weighted by Gasteiger charge is -2.13. The van der Waals surface area contributed by atoms with E-state index in [0.29, 0.717) is 68.8 Å². The van der Waals surface area contributed by atoms with Crippen LogP contribution in [0.15, 0.2) is 74.4 Å². The van der Waals surface area contributed by atoms with Crippen molar-refractivity contribution >= 4 is 101 Å². The fraction of sp³-hybridized carbons (Fsp3) is 0.694. The van der Waals surface area contributed by atoms with Gasteiger partial charge in [-0.25, -0.2) is 9.59 Å². The zero-order valence-corrected chi connectivity index (χ0v) is 96.3. The number of carbonyl (C=O) groups excluding carboxylic acids is 13. The van der Waals surface area contributed by atoms with Crippen LogP contribution in [0.4, 0.5) is 4.79 Å². The van der Waals surface area contributed by atoms with Gasteiger partial charge < -0.3 is 106 Å². The van der Waals surface area contributed by atoms with Gasteiger partial charge in [0, 0.05) is 60.1 Å². The van der Waals surface area contributed by atoms with Crippen molar-refractivity contribution in [2.24, 2.45) is 82.3 Å². The standard InChI is InChI=1S/C14H24N2O5.C11H19NO4.C11H19NO3.2C10H17NO3.C6H11NO2.C6H11N.3C5H9N.5C5H10O2/c1-5-11(4)13(18)20-8-9-21-14(19)16-7-6-15-12(17)10(2)3;1-4-8(3)11(15)16-7-9(13)6-12-10(14)5-2;1-5-9(4)11(14)15-7-6-12-10(13)8(2)3;2*1-4-8(3)10(13)14-7-6-11-9(12)5-2;1-5(2)6(8)9-4-3-7;1-4-6(2,3)5-7;3*1-3-5(2)4-6;5*1-3-4(2)5(6)7/h11H,2,5-9H2,1,3-4H3,(H,15,17)(H,16,19);5,8-9,13H,2,4,6-7H2,1,3H3,(H,12,14);9H,2,5-7H2,1,3-4H3,(H,12,13);2*5,8H,2,4,6-7H2,1,3H3,(H,11,12);1,3-4,7H2,2H3;4H2,1-3H3;3*5H,3H2,1-2H3;5*4H,3H2,1-2H3,(H,6,7). The van der Waals surface area contributed by atoms with E-state index in [0.717, 1.165) is 76.7 Å². The molecule has 0 saturated carbocycles. The van der Waals surface area contributed by atoms with Crippen LogP contribution in [0.1, 0.15) is 311 Å². The third-order valence-electron chi connectivity index (χ3n) is 20.1. The number of alkyl carbamates (subject to hydrolysis) is 1. The molecule has 0 aromatic heterocycles. The zero-order chi connectivity index (χ0) is 120. The van der Waals surface area contributed by atoms with E-state index < -0.39 is 42.0 Å². The van der Waals surface area contributed by atoms with Gasteiger partial charge in [-0.1, -0.05) is 206 Å². The summed E-state index contributed by atoms with van der Waals surface area (Å²) in [5.74, 6) is -7.64. The number of quaternary nitrogens is 1. The van der Waals surface area contributed by atoms with Gasteiger partial charge in [0.2, 0.25) is 29.5 Å². The van der Waals surface area contributed by atoms with Crippen molar-refractivity contribution in [2.75, 3.05) is 92.1 Å². The Morgan fingerprint density at radius 2 is 0.591 bits per heavy atom. The van der Waals surface area contributed by atoms with Gasteiger partial charge in [0.1, 0.15) is 58.9 Å². The van der Waals surface area contributed by atoms with Crippen LogP contribution in [0.25, 0.3) is 0 Å². The molecule has 6 amide bonds. The number of rotatable bonds is 51. The summed E-state index contributed by atoms with van der Waals surface area (Å²) >= 11 is 0. The Bertz CT molecular complexity index is 3660. The molecule has 14 atom stereocenters. The number of nitrogens with zero attached hydrogens (tertiary/aromatic N) is 4. The number of nitriles is 4. The molecule has 0 rings (SSSR count). The predicted octanol–water partition coefficient (Wildman–Crippen LogP) is 14.5. The lowest BCUT2D eigenvalue weighted by Crippen LogP contribution is -2.52. The monoisotopic (exact) mass is 2130 g/mol. The minimum Gasteiger partial charge on any atom is -0.550 e. The second kappa shape index (κ2) is 119. The molecule has 0 aliphatic heterocycles. The molecule has 149 heavy (non-hydrogen) atoms. The van der Waals surface area contributed by atoms with Crippen LogP contribution in [-0.2, 0) is 110 Å². The quantitative estimate of drug-likeness (QED) is 0.0116. The highest BCUT2D eigenvalue weighted by molar-refractivity contribution is 5.93. The molecule has 41 heteroatoms. The number of hydrogen-bond donors (Lipinski definition) is 12. The maximum atomic E-state index is 11.3. The third kappa shape index (κ3) is 137. The minimum absolute atomic E-state index is 0.00780.